The lowest BCUT2D eigenvalue weighted by Gasteiger charge is -2.18. The molecule has 0 unspecified atom stereocenters. The predicted octanol–water partition coefficient (Wildman–Crippen LogP) is 0.812. The van der Waals surface area contributed by atoms with Crippen LogP contribution < -0.4 is 11.1 Å². The highest BCUT2D eigenvalue weighted by Gasteiger charge is 2.01. The normalized spacial score (nSPS) is 10.6. The Morgan fingerprint density at radius 2 is 1.93 bits per heavy atom. The highest BCUT2D eigenvalue weighted by atomic mass is 15.1. The molecule has 1 aromatic heterocycles. The molecular formula is C10H19N5. The Kier molecular flexibility index (Phi) is 4.83. The van der Waals surface area contributed by atoms with Gasteiger partial charge >= 0.3 is 0 Å². The molecule has 0 bridgehead atoms. The van der Waals surface area contributed by atoms with Gasteiger partial charge in [0.15, 0.2) is 11.6 Å². The van der Waals surface area contributed by atoms with Crippen molar-refractivity contribution < 1.29 is 0 Å². The first-order valence-electron chi connectivity index (χ1n) is 5.30. The van der Waals surface area contributed by atoms with E-state index >= 15 is 0 Å². The molecule has 15 heavy (non-hydrogen) atoms. The van der Waals surface area contributed by atoms with Crippen molar-refractivity contribution in [1.82, 2.24) is 14.9 Å². The fraction of sp³-hybridized carbons (Fsp3) is 0.600. The molecule has 1 aromatic rings. The Balaban J connectivity index is 2.34. The molecule has 0 aromatic carbocycles. The fourth-order valence-electron chi connectivity index (χ4n) is 1.36. The molecule has 3 N–H and O–H groups in total. The summed E-state index contributed by atoms with van der Waals surface area (Å²) in [5.41, 5.74) is 5.65. The maximum Gasteiger partial charge on any atom is 0.168 e. The van der Waals surface area contributed by atoms with Crippen LogP contribution in [0.1, 0.15) is 13.8 Å². The first-order chi connectivity index (χ1) is 7.27. The number of hydrogen-bond acceptors (Lipinski definition) is 5. The van der Waals surface area contributed by atoms with Gasteiger partial charge in [-0.3, -0.25) is 0 Å². The van der Waals surface area contributed by atoms with Crippen molar-refractivity contribution in [3.63, 3.8) is 0 Å². The molecule has 0 amide bonds. The highest BCUT2D eigenvalue weighted by Crippen LogP contribution is 2.08. The van der Waals surface area contributed by atoms with Crippen molar-refractivity contribution in [2.24, 2.45) is 0 Å². The van der Waals surface area contributed by atoms with Crippen LogP contribution in [0.15, 0.2) is 12.4 Å². The van der Waals surface area contributed by atoms with Crippen LogP contribution in [0.2, 0.25) is 0 Å². The topological polar surface area (TPSA) is 67.1 Å². The van der Waals surface area contributed by atoms with Gasteiger partial charge in [0.2, 0.25) is 0 Å². The van der Waals surface area contributed by atoms with E-state index in [4.69, 9.17) is 5.73 Å². The second-order valence-electron chi connectivity index (χ2n) is 3.24. The number of nitrogen functional groups attached to an aromatic ring is 1. The molecule has 5 heteroatoms. The SMILES string of the molecule is CCN(CC)CCNc1nccnc1N. The molecule has 0 radical (unpaired) electrons. The van der Waals surface area contributed by atoms with E-state index in [0.29, 0.717) is 11.6 Å². The number of nitrogens with two attached hydrogens (primary N) is 1. The van der Waals surface area contributed by atoms with Crippen LogP contribution in [0.4, 0.5) is 11.6 Å². The van der Waals surface area contributed by atoms with E-state index < -0.39 is 0 Å². The molecule has 0 aliphatic rings. The summed E-state index contributed by atoms with van der Waals surface area (Å²) >= 11 is 0. The largest absolute Gasteiger partial charge is 0.381 e. The van der Waals surface area contributed by atoms with Gasteiger partial charge in [-0.1, -0.05) is 13.8 Å². The third-order valence-electron chi connectivity index (χ3n) is 2.34. The summed E-state index contributed by atoms with van der Waals surface area (Å²) in [6.07, 6.45) is 3.22. The van der Waals surface area contributed by atoms with Crippen LogP contribution in [-0.2, 0) is 0 Å². The van der Waals surface area contributed by atoms with Crippen molar-refractivity contribution in [3.8, 4) is 0 Å². The molecule has 0 fully saturated rings. The minimum Gasteiger partial charge on any atom is -0.381 e. The minimum atomic E-state index is 0.456. The van der Waals surface area contributed by atoms with Crippen molar-refractivity contribution in [2.45, 2.75) is 13.8 Å². The molecule has 0 aliphatic heterocycles. The minimum absolute atomic E-state index is 0.456. The van der Waals surface area contributed by atoms with Crippen LogP contribution >= 0.6 is 0 Å². The molecule has 5 nitrogen and oxygen atoms in total. The average Bonchev–Trinajstić information content (AvgIpc) is 2.27. The molecule has 0 saturated heterocycles. The van der Waals surface area contributed by atoms with Crippen LogP contribution in [-0.4, -0.2) is 41.0 Å². The number of anilines is 2. The second kappa shape index (κ2) is 6.19. The number of hydrogen-bond donors (Lipinski definition) is 2. The van der Waals surface area contributed by atoms with Crippen LogP contribution in [0.3, 0.4) is 0 Å². The zero-order valence-electron chi connectivity index (χ0n) is 9.40. The monoisotopic (exact) mass is 209 g/mol. The summed E-state index contributed by atoms with van der Waals surface area (Å²) in [6, 6.07) is 0. The molecule has 0 aliphatic carbocycles. The Labute approximate surface area is 90.7 Å². The quantitative estimate of drug-likeness (QED) is 0.726. The number of nitrogens with one attached hydrogen (secondary N) is 1. The van der Waals surface area contributed by atoms with E-state index in [1.165, 1.54) is 0 Å². The number of aromatic nitrogens is 2. The average molecular weight is 209 g/mol. The summed E-state index contributed by atoms with van der Waals surface area (Å²) in [4.78, 5) is 10.4. The highest BCUT2D eigenvalue weighted by molar-refractivity contribution is 5.54. The van der Waals surface area contributed by atoms with Gasteiger partial charge in [-0.25, -0.2) is 9.97 Å². The smallest absolute Gasteiger partial charge is 0.168 e. The van der Waals surface area contributed by atoms with Gasteiger partial charge < -0.3 is 16.0 Å². The maximum absolute atomic E-state index is 5.65. The molecule has 0 saturated carbocycles. The number of likely N-dealkylation sites (N-methyl/N-ethyl adjacent to an activating group) is 1. The molecule has 1 heterocycles. The van der Waals surface area contributed by atoms with E-state index in [9.17, 15) is 0 Å². The van der Waals surface area contributed by atoms with Crippen LogP contribution in [0.25, 0.3) is 0 Å². The molecule has 84 valence electrons. The van der Waals surface area contributed by atoms with E-state index in [2.05, 4.69) is 34.0 Å². The number of nitrogens with zero attached hydrogens (tertiary/aromatic N) is 3. The van der Waals surface area contributed by atoms with Gasteiger partial charge in [-0.2, -0.15) is 0 Å². The van der Waals surface area contributed by atoms with Crippen LogP contribution in [0.5, 0.6) is 0 Å². The third-order valence-corrected chi connectivity index (χ3v) is 2.34. The van der Waals surface area contributed by atoms with Crippen molar-refractivity contribution in [3.05, 3.63) is 12.4 Å². The summed E-state index contributed by atoms with van der Waals surface area (Å²) in [5, 5.41) is 3.17. The van der Waals surface area contributed by atoms with Gasteiger partial charge in [0.1, 0.15) is 0 Å². The Morgan fingerprint density at radius 1 is 1.27 bits per heavy atom. The maximum atomic E-state index is 5.65. The molecule has 0 spiro atoms. The van der Waals surface area contributed by atoms with Gasteiger partial charge in [-0.15, -0.1) is 0 Å². The van der Waals surface area contributed by atoms with E-state index in [1.807, 2.05) is 0 Å². The fourth-order valence-corrected chi connectivity index (χ4v) is 1.36. The van der Waals surface area contributed by atoms with Crippen LogP contribution in [0, 0.1) is 0 Å². The zero-order valence-corrected chi connectivity index (χ0v) is 9.40. The van der Waals surface area contributed by atoms with Gasteiger partial charge in [0.25, 0.3) is 0 Å². The first-order valence-corrected chi connectivity index (χ1v) is 5.30. The predicted molar refractivity (Wildman–Crippen MR) is 62.7 cm³/mol. The number of rotatable bonds is 6. The zero-order chi connectivity index (χ0) is 11.1. The molecule has 0 atom stereocenters. The van der Waals surface area contributed by atoms with Gasteiger partial charge in [0.05, 0.1) is 0 Å². The lowest BCUT2D eigenvalue weighted by atomic mass is 10.4. The summed E-state index contributed by atoms with van der Waals surface area (Å²) in [7, 11) is 0. The van der Waals surface area contributed by atoms with E-state index in [-0.39, 0.29) is 0 Å². The van der Waals surface area contributed by atoms with E-state index in [1.54, 1.807) is 12.4 Å². The van der Waals surface area contributed by atoms with Crippen molar-refractivity contribution >= 4 is 11.6 Å². The Morgan fingerprint density at radius 3 is 2.53 bits per heavy atom. The lowest BCUT2D eigenvalue weighted by Crippen LogP contribution is -2.28. The van der Waals surface area contributed by atoms with Crippen molar-refractivity contribution in [1.29, 1.82) is 0 Å². The van der Waals surface area contributed by atoms with E-state index in [0.717, 1.165) is 26.2 Å². The molecular weight excluding hydrogens is 190 g/mol. The third kappa shape index (κ3) is 3.71. The standard InChI is InChI=1S/C10H19N5/c1-3-15(4-2)8-7-14-10-9(11)12-5-6-13-10/h5-6H,3-4,7-8H2,1-2H3,(H2,11,12)(H,13,14). The van der Waals surface area contributed by atoms with Gasteiger partial charge in [-0.05, 0) is 13.1 Å². The summed E-state index contributed by atoms with van der Waals surface area (Å²) < 4.78 is 0. The summed E-state index contributed by atoms with van der Waals surface area (Å²) in [5.74, 6) is 1.13. The lowest BCUT2D eigenvalue weighted by molar-refractivity contribution is 0.316. The summed E-state index contributed by atoms with van der Waals surface area (Å²) in [6.45, 7) is 8.26. The van der Waals surface area contributed by atoms with Crippen molar-refractivity contribution in [2.75, 3.05) is 37.2 Å². The van der Waals surface area contributed by atoms with Gasteiger partial charge in [0, 0.05) is 25.5 Å². The Hall–Kier alpha value is -1.36. The molecule has 1 rings (SSSR count). The Bertz CT molecular complexity index is 285. The second-order valence-corrected chi connectivity index (χ2v) is 3.24. The first kappa shape index (κ1) is 11.7.